The molecule has 2 N–H and O–H groups in total. The van der Waals surface area contributed by atoms with Crippen LogP contribution in [0.1, 0.15) is 24.1 Å². The average molecular weight is 361 g/mol. The van der Waals surface area contributed by atoms with Gasteiger partial charge in [-0.2, -0.15) is 5.10 Å². The van der Waals surface area contributed by atoms with Gasteiger partial charge in [0.2, 0.25) is 5.91 Å². The van der Waals surface area contributed by atoms with Crippen LogP contribution in [0.5, 0.6) is 0 Å². The zero-order chi connectivity index (χ0) is 16.4. The largest absolute Gasteiger partial charge is 0.342 e. The van der Waals surface area contributed by atoms with E-state index in [1.807, 2.05) is 18.2 Å². The molecule has 0 bridgehead atoms. The summed E-state index contributed by atoms with van der Waals surface area (Å²) in [6, 6.07) is 10.3. The molecular weight excluding hydrogens is 336 g/mol. The molecule has 0 spiro atoms. The molecule has 1 fully saturated rings. The van der Waals surface area contributed by atoms with Gasteiger partial charge in [0.25, 0.3) is 0 Å². The zero-order valence-electron chi connectivity index (χ0n) is 14.3. The number of rotatable bonds is 2. The van der Waals surface area contributed by atoms with Crippen LogP contribution in [-0.2, 0) is 17.6 Å². The molecule has 2 aliphatic rings. The van der Waals surface area contributed by atoms with Gasteiger partial charge in [0.15, 0.2) is 0 Å². The molecule has 1 saturated heterocycles. The Morgan fingerprint density at radius 1 is 1.08 bits per heavy atom. The topological polar surface area (TPSA) is 61.0 Å². The highest BCUT2D eigenvalue weighted by Gasteiger charge is 2.28. The number of carbonyl (C=O) groups excluding carboxylic acids is 1. The summed E-state index contributed by atoms with van der Waals surface area (Å²) in [4.78, 5) is 14.9. The highest BCUT2D eigenvalue weighted by atomic mass is 35.5. The molecule has 0 atom stereocenters. The van der Waals surface area contributed by atoms with Gasteiger partial charge < -0.3 is 10.2 Å². The number of benzene rings is 1. The zero-order valence-corrected chi connectivity index (χ0v) is 15.1. The third kappa shape index (κ3) is 3.72. The minimum Gasteiger partial charge on any atom is -0.342 e. The van der Waals surface area contributed by atoms with Crippen LogP contribution in [0.2, 0.25) is 0 Å². The summed E-state index contributed by atoms with van der Waals surface area (Å²) in [5.74, 6) is 0.547. The first-order valence-corrected chi connectivity index (χ1v) is 8.94. The van der Waals surface area contributed by atoms with Gasteiger partial charge >= 0.3 is 0 Å². The molecule has 25 heavy (non-hydrogen) atoms. The number of carbonyl (C=O) groups is 1. The van der Waals surface area contributed by atoms with Crippen LogP contribution in [0.4, 0.5) is 0 Å². The Hall–Kier alpha value is -1.85. The molecule has 2 aliphatic heterocycles. The number of nitrogens with zero attached hydrogens (tertiary/aromatic N) is 2. The van der Waals surface area contributed by atoms with Gasteiger partial charge in [-0.3, -0.25) is 9.89 Å². The van der Waals surface area contributed by atoms with Crippen LogP contribution >= 0.6 is 12.4 Å². The fraction of sp³-hybridized carbons (Fsp3) is 0.474. The number of hydrogen-bond donors (Lipinski definition) is 2. The summed E-state index contributed by atoms with van der Waals surface area (Å²) < 4.78 is 0. The van der Waals surface area contributed by atoms with Crippen LogP contribution in [0.25, 0.3) is 11.3 Å². The van der Waals surface area contributed by atoms with Crippen molar-refractivity contribution < 1.29 is 4.79 Å². The van der Waals surface area contributed by atoms with Gasteiger partial charge in [-0.1, -0.05) is 30.3 Å². The van der Waals surface area contributed by atoms with Crippen LogP contribution in [0.15, 0.2) is 30.3 Å². The number of fused-ring (bicyclic) bond motifs is 1. The van der Waals surface area contributed by atoms with E-state index in [-0.39, 0.29) is 18.3 Å². The van der Waals surface area contributed by atoms with Gasteiger partial charge in [0.05, 0.1) is 5.69 Å². The maximum absolute atomic E-state index is 12.8. The molecule has 0 unspecified atom stereocenters. The second kappa shape index (κ2) is 8.02. The lowest BCUT2D eigenvalue weighted by Crippen LogP contribution is -2.42. The molecule has 0 radical (unpaired) electrons. The molecule has 2 aromatic rings. The first-order valence-electron chi connectivity index (χ1n) is 8.94. The Bertz CT molecular complexity index is 709. The van der Waals surface area contributed by atoms with Crippen LogP contribution in [0.3, 0.4) is 0 Å². The number of hydrogen-bond acceptors (Lipinski definition) is 3. The molecule has 1 aromatic heterocycles. The summed E-state index contributed by atoms with van der Waals surface area (Å²) in [7, 11) is 0. The predicted molar refractivity (Wildman–Crippen MR) is 101 cm³/mol. The van der Waals surface area contributed by atoms with E-state index in [4.69, 9.17) is 0 Å². The van der Waals surface area contributed by atoms with Crippen molar-refractivity contribution in [3.05, 3.63) is 41.6 Å². The highest BCUT2D eigenvalue weighted by Crippen LogP contribution is 2.27. The first-order chi connectivity index (χ1) is 11.8. The van der Waals surface area contributed by atoms with E-state index in [1.54, 1.807) is 0 Å². The summed E-state index contributed by atoms with van der Waals surface area (Å²) in [5.41, 5.74) is 4.66. The van der Waals surface area contributed by atoms with Gasteiger partial charge in [-0.15, -0.1) is 12.4 Å². The van der Waals surface area contributed by atoms with Gasteiger partial charge in [-0.05, 0) is 32.4 Å². The fourth-order valence-corrected chi connectivity index (χ4v) is 3.86. The van der Waals surface area contributed by atoms with E-state index in [0.717, 1.165) is 63.1 Å². The second-order valence-electron chi connectivity index (χ2n) is 6.74. The lowest BCUT2D eigenvalue weighted by molar-refractivity contribution is -0.136. The number of halogens is 1. The molecule has 134 valence electrons. The van der Waals surface area contributed by atoms with Gasteiger partial charge in [-0.25, -0.2) is 0 Å². The highest BCUT2D eigenvalue weighted by molar-refractivity contribution is 5.85. The van der Waals surface area contributed by atoms with Crippen molar-refractivity contribution in [2.24, 2.45) is 5.92 Å². The van der Waals surface area contributed by atoms with Crippen molar-refractivity contribution in [1.29, 1.82) is 0 Å². The molecule has 1 amide bonds. The SMILES string of the molecule is Cl.O=C(C1CCNCC1)N1CCc2[nH]nc(-c3ccccc3)c2CC1. The second-order valence-corrected chi connectivity index (χ2v) is 6.74. The lowest BCUT2D eigenvalue weighted by Gasteiger charge is -2.28. The number of piperidine rings is 1. The van der Waals surface area contributed by atoms with Crippen LogP contribution in [0, 0.1) is 5.92 Å². The van der Waals surface area contributed by atoms with Gasteiger partial charge in [0, 0.05) is 42.2 Å². The quantitative estimate of drug-likeness (QED) is 0.864. The molecule has 3 heterocycles. The minimum absolute atomic E-state index is 0. The predicted octanol–water partition coefficient (Wildman–Crippen LogP) is 2.43. The Morgan fingerprint density at radius 3 is 2.56 bits per heavy atom. The van der Waals surface area contributed by atoms with E-state index < -0.39 is 0 Å². The van der Waals surface area contributed by atoms with E-state index in [0.29, 0.717) is 5.91 Å². The Morgan fingerprint density at radius 2 is 1.80 bits per heavy atom. The number of H-pyrrole nitrogens is 1. The monoisotopic (exact) mass is 360 g/mol. The van der Waals surface area contributed by atoms with Crippen molar-refractivity contribution >= 4 is 18.3 Å². The van der Waals surface area contributed by atoms with Crippen molar-refractivity contribution in [3.63, 3.8) is 0 Å². The van der Waals surface area contributed by atoms with E-state index in [1.165, 1.54) is 11.3 Å². The summed E-state index contributed by atoms with van der Waals surface area (Å²) >= 11 is 0. The van der Waals surface area contributed by atoms with Crippen molar-refractivity contribution in [3.8, 4) is 11.3 Å². The normalized spacial score (nSPS) is 18.2. The van der Waals surface area contributed by atoms with Crippen molar-refractivity contribution in [2.75, 3.05) is 26.2 Å². The molecule has 1 aromatic carbocycles. The summed E-state index contributed by atoms with van der Waals surface area (Å²) in [6.07, 6.45) is 3.69. The molecule has 5 nitrogen and oxygen atoms in total. The third-order valence-corrected chi connectivity index (χ3v) is 5.26. The molecule has 6 heteroatoms. The maximum Gasteiger partial charge on any atom is 0.225 e. The first kappa shape index (κ1) is 18.0. The Kier molecular flexibility index (Phi) is 5.76. The maximum atomic E-state index is 12.8. The van der Waals surface area contributed by atoms with Crippen molar-refractivity contribution in [2.45, 2.75) is 25.7 Å². The number of nitrogens with one attached hydrogen (secondary N) is 2. The van der Waals surface area contributed by atoms with Crippen LogP contribution < -0.4 is 5.32 Å². The summed E-state index contributed by atoms with van der Waals surface area (Å²) in [6.45, 7) is 3.53. The van der Waals surface area contributed by atoms with E-state index in [9.17, 15) is 4.79 Å². The number of aromatic amines is 1. The third-order valence-electron chi connectivity index (χ3n) is 5.26. The fourth-order valence-electron chi connectivity index (χ4n) is 3.86. The average Bonchev–Trinajstić information content (AvgIpc) is 2.94. The number of amides is 1. The Balaban J connectivity index is 0.00000182. The molecular formula is C19H25ClN4O. The number of aromatic nitrogens is 2. The van der Waals surface area contributed by atoms with E-state index >= 15 is 0 Å². The molecule has 4 rings (SSSR count). The van der Waals surface area contributed by atoms with Gasteiger partial charge in [0.1, 0.15) is 0 Å². The molecule has 0 aliphatic carbocycles. The van der Waals surface area contributed by atoms with E-state index in [2.05, 4.69) is 32.5 Å². The standard InChI is InChI=1S/C19H24N4O.ClH/c24-19(15-6-10-20-11-7-15)23-12-8-16-17(9-13-23)21-22-18(16)14-4-2-1-3-5-14;/h1-5,15,20H,6-13H2,(H,21,22);1H. The van der Waals surface area contributed by atoms with Crippen molar-refractivity contribution in [1.82, 2.24) is 20.4 Å². The summed E-state index contributed by atoms with van der Waals surface area (Å²) in [5, 5.41) is 11.1. The Labute approximate surface area is 154 Å². The lowest BCUT2D eigenvalue weighted by atomic mass is 9.96. The molecule has 0 saturated carbocycles. The minimum atomic E-state index is 0. The smallest absolute Gasteiger partial charge is 0.225 e. The van der Waals surface area contributed by atoms with Crippen LogP contribution in [-0.4, -0.2) is 47.2 Å².